The van der Waals surface area contributed by atoms with Gasteiger partial charge in [0, 0.05) is 19.5 Å². The van der Waals surface area contributed by atoms with Crippen LogP contribution in [0.3, 0.4) is 0 Å². The van der Waals surface area contributed by atoms with Crippen molar-refractivity contribution in [2.45, 2.75) is 52.2 Å². The smallest absolute Gasteiger partial charge is 0.335 e. The SMILES string of the molecule is CCc1ccc(COc2ccccc2CCN(CCCCC(=O)O)Cc2ccc(C(=O)O)cc2)cc1. The van der Waals surface area contributed by atoms with Crippen LogP contribution in [0.15, 0.2) is 72.8 Å². The van der Waals surface area contributed by atoms with Crippen LogP contribution in [0.4, 0.5) is 0 Å². The molecular weight excluding hydrogens is 454 g/mol. The Morgan fingerprint density at radius 1 is 0.806 bits per heavy atom. The molecular formula is C30H35NO5. The molecule has 6 heteroatoms. The maximum Gasteiger partial charge on any atom is 0.335 e. The van der Waals surface area contributed by atoms with E-state index in [1.54, 1.807) is 12.1 Å². The van der Waals surface area contributed by atoms with E-state index in [9.17, 15) is 9.59 Å². The Bertz CT molecular complexity index is 1110. The van der Waals surface area contributed by atoms with E-state index in [1.165, 1.54) is 5.56 Å². The molecule has 36 heavy (non-hydrogen) atoms. The highest BCUT2D eigenvalue weighted by Crippen LogP contribution is 2.21. The Hall–Kier alpha value is -3.64. The van der Waals surface area contributed by atoms with E-state index in [-0.39, 0.29) is 12.0 Å². The van der Waals surface area contributed by atoms with Gasteiger partial charge in [0.05, 0.1) is 5.56 Å². The summed E-state index contributed by atoms with van der Waals surface area (Å²) in [5, 5.41) is 18.1. The molecule has 0 spiro atoms. The van der Waals surface area contributed by atoms with Crippen molar-refractivity contribution in [1.82, 2.24) is 4.90 Å². The summed E-state index contributed by atoms with van der Waals surface area (Å²) >= 11 is 0. The monoisotopic (exact) mass is 489 g/mol. The minimum atomic E-state index is -0.940. The predicted octanol–water partition coefficient (Wildman–Crippen LogP) is 5.83. The number of carboxylic acids is 2. The van der Waals surface area contributed by atoms with Gasteiger partial charge in [-0.15, -0.1) is 0 Å². The first-order chi connectivity index (χ1) is 17.4. The van der Waals surface area contributed by atoms with Gasteiger partial charge in [0.25, 0.3) is 0 Å². The number of para-hydroxylation sites is 1. The van der Waals surface area contributed by atoms with Crippen molar-refractivity contribution in [2.75, 3.05) is 13.1 Å². The number of carbonyl (C=O) groups is 2. The fourth-order valence-electron chi connectivity index (χ4n) is 4.05. The quantitative estimate of drug-likeness (QED) is 0.261. The van der Waals surface area contributed by atoms with Crippen molar-refractivity contribution in [3.05, 3.63) is 101 Å². The standard InChI is InChI=1S/C30H35NO5/c1-2-23-10-12-25(13-11-23)22-36-28-8-4-3-7-26(28)18-20-31(19-6-5-9-29(32)33)21-24-14-16-27(17-15-24)30(34)35/h3-4,7-8,10-17H,2,5-6,9,18-22H2,1H3,(H,32,33)(H,34,35). The molecule has 0 aliphatic heterocycles. The van der Waals surface area contributed by atoms with Crippen LogP contribution >= 0.6 is 0 Å². The van der Waals surface area contributed by atoms with Crippen LogP contribution in [0.1, 0.15) is 58.8 Å². The third kappa shape index (κ3) is 8.86. The summed E-state index contributed by atoms with van der Waals surface area (Å²) in [5.41, 5.74) is 4.85. The van der Waals surface area contributed by atoms with Crippen LogP contribution in [0.2, 0.25) is 0 Å². The van der Waals surface area contributed by atoms with Gasteiger partial charge >= 0.3 is 11.9 Å². The predicted molar refractivity (Wildman–Crippen MR) is 140 cm³/mol. The number of unbranched alkanes of at least 4 members (excludes halogenated alkanes) is 1. The van der Waals surface area contributed by atoms with Crippen LogP contribution in [0.25, 0.3) is 0 Å². The first-order valence-corrected chi connectivity index (χ1v) is 12.5. The highest BCUT2D eigenvalue weighted by molar-refractivity contribution is 5.87. The van der Waals surface area contributed by atoms with Crippen molar-refractivity contribution in [1.29, 1.82) is 0 Å². The second-order valence-electron chi connectivity index (χ2n) is 8.95. The number of aliphatic carboxylic acids is 1. The molecule has 0 radical (unpaired) electrons. The molecule has 0 saturated carbocycles. The zero-order chi connectivity index (χ0) is 25.8. The molecule has 0 fully saturated rings. The molecule has 190 valence electrons. The topological polar surface area (TPSA) is 87.1 Å². The number of aryl methyl sites for hydroxylation is 1. The summed E-state index contributed by atoms with van der Waals surface area (Å²) in [6.07, 6.45) is 3.38. The van der Waals surface area contributed by atoms with Gasteiger partial charge in [-0.05, 0) is 72.7 Å². The molecule has 0 aliphatic rings. The van der Waals surface area contributed by atoms with Gasteiger partial charge in [-0.25, -0.2) is 4.79 Å². The summed E-state index contributed by atoms with van der Waals surface area (Å²) in [6.45, 7) is 4.86. The Balaban J connectivity index is 1.63. The third-order valence-electron chi connectivity index (χ3n) is 6.22. The molecule has 6 nitrogen and oxygen atoms in total. The lowest BCUT2D eigenvalue weighted by Gasteiger charge is -2.23. The summed E-state index contributed by atoms with van der Waals surface area (Å²) in [7, 11) is 0. The Labute approximate surface area is 213 Å². The van der Waals surface area contributed by atoms with E-state index in [4.69, 9.17) is 14.9 Å². The average Bonchev–Trinajstić information content (AvgIpc) is 2.89. The second kappa shape index (κ2) is 14.0. The maximum absolute atomic E-state index is 11.2. The lowest BCUT2D eigenvalue weighted by Crippen LogP contribution is -2.27. The number of hydrogen-bond acceptors (Lipinski definition) is 4. The van der Waals surface area contributed by atoms with E-state index in [0.29, 0.717) is 19.6 Å². The zero-order valence-electron chi connectivity index (χ0n) is 20.9. The molecule has 3 aromatic carbocycles. The minimum Gasteiger partial charge on any atom is -0.489 e. The molecule has 0 aromatic heterocycles. The molecule has 0 amide bonds. The number of carboxylic acid groups (broad SMARTS) is 2. The highest BCUT2D eigenvalue weighted by atomic mass is 16.5. The number of benzene rings is 3. The summed E-state index contributed by atoms with van der Waals surface area (Å²) in [6, 6.07) is 23.5. The second-order valence-corrected chi connectivity index (χ2v) is 8.95. The lowest BCUT2D eigenvalue weighted by atomic mass is 10.1. The largest absolute Gasteiger partial charge is 0.489 e. The Morgan fingerprint density at radius 2 is 1.47 bits per heavy atom. The minimum absolute atomic E-state index is 0.164. The van der Waals surface area contributed by atoms with Gasteiger partial charge in [0.1, 0.15) is 12.4 Å². The van der Waals surface area contributed by atoms with Gasteiger partial charge in [-0.3, -0.25) is 9.69 Å². The van der Waals surface area contributed by atoms with Crippen LogP contribution in [0.5, 0.6) is 5.75 Å². The Morgan fingerprint density at radius 3 is 2.14 bits per heavy atom. The molecule has 3 aromatic rings. The van der Waals surface area contributed by atoms with Crippen molar-refractivity contribution < 1.29 is 24.5 Å². The van der Waals surface area contributed by atoms with E-state index in [2.05, 4.69) is 42.2 Å². The molecule has 0 aliphatic carbocycles. The van der Waals surface area contributed by atoms with E-state index >= 15 is 0 Å². The molecule has 0 heterocycles. The number of ether oxygens (including phenoxy) is 1. The maximum atomic E-state index is 11.2. The highest BCUT2D eigenvalue weighted by Gasteiger charge is 2.11. The fraction of sp³-hybridized carbons (Fsp3) is 0.333. The molecule has 3 rings (SSSR count). The van der Waals surface area contributed by atoms with Gasteiger partial charge in [-0.1, -0.05) is 61.5 Å². The van der Waals surface area contributed by atoms with Crippen LogP contribution in [0, 0.1) is 0 Å². The number of hydrogen-bond donors (Lipinski definition) is 2. The fourth-order valence-corrected chi connectivity index (χ4v) is 4.05. The Kier molecular flexibility index (Phi) is 10.5. The summed E-state index contributed by atoms with van der Waals surface area (Å²) in [5.74, 6) is -0.847. The first-order valence-electron chi connectivity index (χ1n) is 12.5. The van der Waals surface area contributed by atoms with E-state index in [1.807, 2.05) is 30.3 Å². The van der Waals surface area contributed by atoms with Crippen LogP contribution in [-0.2, 0) is 30.8 Å². The molecule has 0 bridgehead atoms. The average molecular weight is 490 g/mol. The number of aromatic carboxylic acids is 1. The molecule has 0 saturated heterocycles. The molecule has 0 unspecified atom stereocenters. The van der Waals surface area contributed by atoms with Crippen LogP contribution in [-0.4, -0.2) is 40.1 Å². The zero-order valence-corrected chi connectivity index (χ0v) is 20.9. The third-order valence-corrected chi connectivity index (χ3v) is 6.22. The van der Waals surface area contributed by atoms with Crippen LogP contribution < -0.4 is 4.74 Å². The van der Waals surface area contributed by atoms with E-state index in [0.717, 1.165) is 54.8 Å². The summed E-state index contributed by atoms with van der Waals surface area (Å²) < 4.78 is 6.17. The van der Waals surface area contributed by atoms with Gasteiger partial charge < -0.3 is 14.9 Å². The molecule has 0 atom stereocenters. The van der Waals surface area contributed by atoms with Crippen molar-refractivity contribution in [3.8, 4) is 5.75 Å². The van der Waals surface area contributed by atoms with Gasteiger partial charge in [-0.2, -0.15) is 0 Å². The normalized spacial score (nSPS) is 10.9. The number of rotatable bonds is 15. The number of nitrogens with zero attached hydrogens (tertiary/aromatic N) is 1. The molecule has 2 N–H and O–H groups in total. The lowest BCUT2D eigenvalue weighted by molar-refractivity contribution is -0.137. The van der Waals surface area contributed by atoms with Gasteiger partial charge in [0.15, 0.2) is 0 Å². The van der Waals surface area contributed by atoms with E-state index < -0.39 is 11.9 Å². The van der Waals surface area contributed by atoms with Crippen molar-refractivity contribution >= 4 is 11.9 Å². The van der Waals surface area contributed by atoms with Crippen molar-refractivity contribution in [3.63, 3.8) is 0 Å². The van der Waals surface area contributed by atoms with Crippen molar-refractivity contribution in [2.24, 2.45) is 0 Å². The summed E-state index contributed by atoms with van der Waals surface area (Å²) in [4.78, 5) is 24.3. The van der Waals surface area contributed by atoms with Gasteiger partial charge in [0.2, 0.25) is 0 Å². The first kappa shape index (κ1) is 27.0.